The molecule has 0 spiro atoms. The lowest BCUT2D eigenvalue weighted by atomic mass is 10.1. The zero-order valence-corrected chi connectivity index (χ0v) is 12.0. The Morgan fingerprint density at radius 1 is 1.30 bits per heavy atom. The first-order valence-electron chi connectivity index (χ1n) is 7.29. The third-order valence-electron chi connectivity index (χ3n) is 3.85. The molecule has 3 rings (SSSR count). The SMILES string of the molecule is Cn1cc(CN2CCCNC(c3ccccc3)C2)cn1. The first kappa shape index (κ1) is 13.3. The second-order valence-corrected chi connectivity index (χ2v) is 5.53. The van der Waals surface area contributed by atoms with Crippen molar-refractivity contribution in [3.8, 4) is 0 Å². The molecule has 1 atom stereocenters. The van der Waals surface area contributed by atoms with Crippen LogP contribution in [0.3, 0.4) is 0 Å². The lowest BCUT2D eigenvalue weighted by Crippen LogP contribution is -2.31. The molecule has 4 heteroatoms. The van der Waals surface area contributed by atoms with Crippen molar-refractivity contribution >= 4 is 0 Å². The van der Waals surface area contributed by atoms with Gasteiger partial charge in [-0.3, -0.25) is 9.58 Å². The highest BCUT2D eigenvalue weighted by atomic mass is 15.2. The summed E-state index contributed by atoms with van der Waals surface area (Å²) in [5.41, 5.74) is 2.67. The van der Waals surface area contributed by atoms with Crippen LogP contribution in [0.2, 0.25) is 0 Å². The number of nitrogens with one attached hydrogen (secondary N) is 1. The lowest BCUT2D eigenvalue weighted by Gasteiger charge is -2.24. The van der Waals surface area contributed by atoms with Crippen molar-refractivity contribution in [2.24, 2.45) is 7.05 Å². The number of aryl methyl sites for hydroxylation is 1. The molecule has 2 heterocycles. The van der Waals surface area contributed by atoms with Crippen LogP contribution in [0.1, 0.15) is 23.6 Å². The smallest absolute Gasteiger partial charge is 0.0534 e. The molecule has 1 aliphatic heterocycles. The van der Waals surface area contributed by atoms with E-state index in [0.717, 1.165) is 26.2 Å². The van der Waals surface area contributed by atoms with Crippen molar-refractivity contribution in [2.75, 3.05) is 19.6 Å². The van der Waals surface area contributed by atoms with Gasteiger partial charge >= 0.3 is 0 Å². The third-order valence-corrected chi connectivity index (χ3v) is 3.85. The minimum Gasteiger partial charge on any atom is -0.309 e. The van der Waals surface area contributed by atoms with Gasteiger partial charge in [0.15, 0.2) is 0 Å². The van der Waals surface area contributed by atoms with Gasteiger partial charge in [-0.2, -0.15) is 5.10 Å². The zero-order valence-electron chi connectivity index (χ0n) is 12.0. The lowest BCUT2D eigenvalue weighted by molar-refractivity contribution is 0.260. The van der Waals surface area contributed by atoms with Crippen molar-refractivity contribution in [1.82, 2.24) is 20.0 Å². The van der Waals surface area contributed by atoms with Gasteiger partial charge in [0.05, 0.1) is 6.20 Å². The van der Waals surface area contributed by atoms with E-state index in [4.69, 9.17) is 0 Å². The Hall–Kier alpha value is -1.65. The number of hydrogen-bond acceptors (Lipinski definition) is 3. The summed E-state index contributed by atoms with van der Waals surface area (Å²) in [6.07, 6.45) is 5.27. The van der Waals surface area contributed by atoms with Crippen LogP contribution >= 0.6 is 0 Å². The Labute approximate surface area is 120 Å². The van der Waals surface area contributed by atoms with Gasteiger partial charge in [-0.25, -0.2) is 0 Å². The number of nitrogens with zero attached hydrogens (tertiary/aromatic N) is 3. The first-order chi connectivity index (χ1) is 9.81. The fraction of sp³-hybridized carbons (Fsp3) is 0.438. The van der Waals surface area contributed by atoms with Crippen LogP contribution in [-0.2, 0) is 13.6 Å². The molecule has 4 nitrogen and oxygen atoms in total. The van der Waals surface area contributed by atoms with Crippen molar-refractivity contribution < 1.29 is 0 Å². The maximum Gasteiger partial charge on any atom is 0.0534 e. The van der Waals surface area contributed by atoms with Gasteiger partial charge in [0.1, 0.15) is 0 Å². The highest BCUT2D eigenvalue weighted by molar-refractivity contribution is 5.19. The average Bonchev–Trinajstić information content (AvgIpc) is 2.74. The average molecular weight is 270 g/mol. The van der Waals surface area contributed by atoms with Crippen molar-refractivity contribution in [3.63, 3.8) is 0 Å². The summed E-state index contributed by atoms with van der Waals surface area (Å²) in [5, 5.41) is 7.91. The topological polar surface area (TPSA) is 33.1 Å². The Bertz CT molecular complexity index is 534. The fourth-order valence-electron chi connectivity index (χ4n) is 2.86. The van der Waals surface area contributed by atoms with Crippen LogP contribution in [-0.4, -0.2) is 34.3 Å². The molecule has 2 aromatic rings. The largest absolute Gasteiger partial charge is 0.309 e. The van der Waals surface area contributed by atoms with Crippen molar-refractivity contribution in [2.45, 2.75) is 19.0 Å². The summed E-state index contributed by atoms with van der Waals surface area (Å²) in [5.74, 6) is 0. The number of aromatic nitrogens is 2. The van der Waals surface area contributed by atoms with Gasteiger partial charge in [-0.1, -0.05) is 30.3 Å². The van der Waals surface area contributed by atoms with E-state index in [1.807, 2.05) is 17.9 Å². The summed E-state index contributed by atoms with van der Waals surface area (Å²) >= 11 is 0. The van der Waals surface area contributed by atoms with E-state index in [1.54, 1.807) is 0 Å². The second-order valence-electron chi connectivity index (χ2n) is 5.53. The summed E-state index contributed by atoms with van der Waals surface area (Å²) in [6.45, 7) is 4.27. The molecule has 1 N–H and O–H groups in total. The molecule has 1 unspecified atom stereocenters. The molecule has 1 aromatic heterocycles. The quantitative estimate of drug-likeness (QED) is 0.925. The van der Waals surface area contributed by atoms with Crippen LogP contribution in [0.25, 0.3) is 0 Å². The second kappa shape index (κ2) is 6.20. The van der Waals surface area contributed by atoms with Crippen LogP contribution < -0.4 is 5.32 Å². The number of hydrogen-bond donors (Lipinski definition) is 1. The van der Waals surface area contributed by atoms with E-state index in [0.29, 0.717) is 6.04 Å². The molecule has 0 amide bonds. The third kappa shape index (κ3) is 3.26. The molecule has 1 fully saturated rings. The minimum atomic E-state index is 0.426. The first-order valence-corrected chi connectivity index (χ1v) is 7.29. The summed E-state index contributed by atoms with van der Waals surface area (Å²) in [6, 6.07) is 11.2. The van der Waals surface area contributed by atoms with Gasteiger partial charge in [0, 0.05) is 37.9 Å². The van der Waals surface area contributed by atoms with Gasteiger partial charge in [-0.15, -0.1) is 0 Å². The highest BCUT2D eigenvalue weighted by Gasteiger charge is 2.19. The minimum absolute atomic E-state index is 0.426. The van der Waals surface area contributed by atoms with Crippen LogP contribution in [0.4, 0.5) is 0 Å². The van der Waals surface area contributed by atoms with E-state index >= 15 is 0 Å². The van der Waals surface area contributed by atoms with Gasteiger partial charge < -0.3 is 5.32 Å². The molecule has 1 saturated heterocycles. The Kier molecular flexibility index (Phi) is 4.14. The Balaban J connectivity index is 1.69. The summed E-state index contributed by atoms with van der Waals surface area (Å²) in [4.78, 5) is 2.52. The molecular formula is C16H22N4. The summed E-state index contributed by atoms with van der Waals surface area (Å²) < 4.78 is 1.88. The molecule has 106 valence electrons. The number of rotatable bonds is 3. The van der Waals surface area contributed by atoms with Crippen LogP contribution in [0.15, 0.2) is 42.7 Å². The number of benzene rings is 1. The molecule has 1 aliphatic rings. The molecule has 20 heavy (non-hydrogen) atoms. The van der Waals surface area contributed by atoms with E-state index in [2.05, 4.69) is 51.8 Å². The van der Waals surface area contributed by atoms with Crippen LogP contribution in [0, 0.1) is 0 Å². The maximum absolute atomic E-state index is 4.26. The maximum atomic E-state index is 4.26. The van der Waals surface area contributed by atoms with Crippen LogP contribution in [0.5, 0.6) is 0 Å². The van der Waals surface area contributed by atoms with Crippen molar-refractivity contribution in [3.05, 3.63) is 53.9 Å². The van der Waals surface area contributed by atoms with E-state index in [1.165, 1.54) is 17.5 Å². The predicted octanol–water partition coefficient (Wildman–Crippen LogP) is 1.96. The molecule has 0 saturated carbocycles. The Morgan fingerprint density at radius 3 is 2.90 bits per heavy atom. The van der Waals surface area contributed by atoms with E-state index in [9.17, 15) is 0 Å². The molecular weight excluding hydrogens is 248 g/mol. The zero-order chi connectivity index (χ0) is 13.8. The predicted molar refractivity (Wildman–Crippen MR) is 80.3 cm³/mol. The molecule has 0 radical (unpaired) electrons. The molecule has 1 aromatic carbocycles. The fourth-order valence-corrected chi connectivity index (χ4v) is 2.86. The normalized spacial score (nSPS) is 20.8. The van der Waals surface area contributed by atoms with Gasteiger partial charge in [0.25, 0.3) is 0 Å². The standard InChI is InChI=1S/C16H22N4/c1-19-11-14(10-18-19)12-20-9-5-8-17-16(13-20)15-6-3-2-4-7-15/h2-4,6-7,10-11,16-17H,5,8-9,12-13H2,1H3. The van der Waals surface area contributed by atoms with Gasteiger partial charge in [0.2, 0.25) is 0 Å². The van der Waals surface area contributed by atoms with E-state index in [-0.39, 0.29) is 0 Å². The summed E-state index contributed by atoms with van der Waals surface area (Å²) in [7, 11) is 1.97. The Morgan fingerprint density at radius 2 is 2.15 bits per heavy atom. The van der Waals surface area contributed by atoms with Crippen molar-refractivity contribution in [1.29, 1.82) is 0 Å². The van der Waals surface area contributed by atoms with Gasteiger partial charge in [-0.05, 0) is 25.1 Å². The monoisotopic (exact) mass is 270 g/mol. The molecule has 0 aliphatic carbocycles. The highest BCUT2D eigenvalue weighted by Crippen LogP contribution is 2.18. The molecule has 0 bridgehead atoms. The van der Waals surface area contributed by atoms with E-state index < -0.39 is 0 Å².